The summed E-state index contributed by atoms with van der Waals surface area (Å²) >= 11 is 1.96. The summed E-state index contributed by atoms with van der Waals surface area (Å²) in [7, 11) is 0. The monoisotopic (exact) mass is 415 g/mol. The van der Waals surface area contributed by atoms with E-state index in [0.29, 0.717) is 22.3 Å². The van der Waals surface area contributed by atoms with E-state index in [1.54, 1.807) is 24.3 Å². The van der Waals surface area contributed by atoms with Gasteiger partial charge < -0.3 is 5.32 Å². The number of carbonyl (C=O) groups excluding carboxylic acids is 1. The first kappa shape index (κ1) is 18.6. The predicted molar refractivity (Wildman–Crippen MR) is 109 cm³/mol. The van der Waals surface area contributed by atoms with Gasteiger partial charge in [-0.3, -0.25) is 9.20 Å². The summed E-state index contributed by atoms with van der Waals surface area (Å²) in [5.74, 6) is -2.64. The third kappa shape index (κ3) is 4.23. The maximum Gasteiger partial charge on any atom is 0.288 e. The van der Waals surface area contributed by atoms with Crippen molar-refractivity contribution in [1.82, 2.24) is 9.38 Å². The third-order valence-corrected chi connectivity index (χ3v) is 5.67. The fourth-order valence-corrected chi connectivity index (χ4v) is 4.17. The number of fused-ring (bicyclic) bond motifs is 1. The van der Waals surface area contributed by atoms with E-state index in [1.807, 2.05) is 46.3 Å². The van der Waals surface area contributed by atoms with Crippen LogP contribution in [0.4, 0.5) is 14.5 Å². The summed E-state index contributed by atoms with van der Waals surface area (Å²) in [6, 6.07) is 16.2. The van der Waals surface area contributed by atoms with Gasteiger partial charge in [0.05, 0.1) is 12.1 Å². The van der Waals surface area contributed by atoms with Crippen molar-refractivity contribution < 1.29 is 13.6 Å². The van der Waals surface area contributed by atoms with Gasteiger partial charge in [-0.05, 0) is 24.3 Å². The summed E-state index contributed by atoms with van der Waals surface area (Å²) in [6.07, 6.45) is 2.12. The van der Waals surface area contributed by atoms with E-state index < -0.39 is 5.76 Å². The van der Waals surface area contributed by atoms with Crippen molar-refractivity contribution in [2.45, 2.75) is 17.1 Å². The zero-order valence-electron chi connectivity index (χ0n) is 14.5. The van der Waals surface area contributed by atoms with Gasteiger partial charge in [0.15, 0.2) is 4.96 Å². The van der Waals surface area contributed by atoms with Gasteiger partial charge in [-0.1, -0.05) is 42.1 Å². The molecule has 0 aliphatic carbocycles. The number of anilines is 1. The topological polar surface area (TPSA) is 46.4 Å². The number of benzene rings is 2. The minimum absolute atomic E-state index is 0.177. The molecule has 2 aromatic carbocycles. The summed E-state index contributed by atoms with van der Waals surface area (Å²) in [4.78, 5) is 18.3. The molecule has 4 nitrogen and oxygen atoms in total. The van der Waals surface area contributed by atoms with E-state index in [-0.39, 0.29) is 12.3 Å². The molecule has 0 saturated carbocycles. The molecule has 0 saturated heterocycles. The Kier molecular flexibility index (Phi) is 5.40. The Balaban J connectivity index is 1.46. The number of hydrogen-bond donors (Lipinski definition) is 1. The number of alkyl halides is 2. The fourth-order valence-electron chi connectivity index (χ4n) is 2.79. The van der Waals surface area contributed by atoms with Crippen LogP contribution in [0, 0.1) is 0 Å². The molecule has 1 amide bonds. The van der Waals surface area contributed by atoms with Gasteiger partial charge in [-0.15, -0.1) is 11.3 Å². The number of nitrogens with zero attached hydrogens (tertiary/aromatic N) is 2. The van der Waals surface area contributed by atoms with Crippen LogP contribution < -0.4 is 5.32 Å². The van der Waals surface area contributed by atoms with Gasteiger partial charge in [0, 0.05) is 33.4 Å². The zero-order chi connectivity index (χ0) is 19.5. The molecule has 0 aliphatic heterocycles. The minimum atomic E-state index is -2.46. The van der Waals surface area contributed by atoms with Gasteiger partial charge in [0.2, 0.25) is 5.91 Å². The van der Waals surface area contributed by atoms with Crippen molar-refractivity contribution in [3.05, 3.63) is 71.9 Å². The van der Waals surface area contributed by atoms with E-state index in [4.69, 9.17) is 0 Å². The average Bonchev–Trinajstić information content (AvgIpc) is 3.26. The van der Waals surface area contributed by atoms with Crippen LogP contribution in [0.15, 0.2) is 71.1 Å². The van der Waals surface area contributed by atoms with Crippen LogP contribution in [-0.4, -0.2) is 21.0 Å². The third-order valence-electron chi connectivity index (χ3n) is 4.06. The molecule has 0 unspecified atom stereocenters. The largest absolute Gasteiger partial charge is 0.326 e. The highest BCUT2D eigenvalue weighted by Gasteiger charge is 2.13. The van der Waals surface area contributed by atoms with Crippen molar-refractivity contribution in [3.8, 4) is 11.3 Å². The van der Waals surface area contributed by atoms with Crippen LogP contribution in [0.3, 0.4) is 0 Å². The Morgan fingerprint density at radius 2 is 1.89 bits per heavy atom. The molecule has 0 fully saturated rings. The Hall–Kier alpha value is -2.71. The van der Waals surface area contributed by atoms with Crippen molar-refractivity contribution in [3.63, 3.8) is 0 Å². The second kappa shape index (κ2) is 8.12. The summed E-state index contributed by atoms with van der Waals surface area (Å²) in [5, 5.41) is 4.71. The van der Waals surface area contributed by atoms with E-state index >= 15 is 0 Å². The van der Waals surface area contributed by atoms with Crippen LogP contribution in [0.1, 0.15) is 5.69 Å². The molecule has 0 bridgehead atoms. The number of halogens is 2. The van der Waals surface area contributed by atoms with Gasteiger partial charge in [-0.25, -0.2) is 4.98 Å². The van der Waals surface area contributed by atoms with E-state index in [0.717, 1.165) is 21.9 Å². The first-order chi connectivity index (χ1) is 13.6. The molecule has 8 heteroatoms. The molecule has 0 atom stereocenters. The molecule has 0 spiro atoms. The van der Waals surface area contributed by atoms with Crippen molar-refractivity contribution >= 4 is 39.7 Å². The second-order valence-electron chi connectivity index (χ2n) is 6.00. The van der Waals surface area contributed by atoms with Gasteiger partial charge in [0.25, 0.3) is 5.76 Å². The lowest BCUT2D eigenvalue weighted by Gasteiger charge is -2.06. The van der Waals surface area contributed by atoms with Crippen LogP contribution in [0.2, 0.25) is 0 Å². The van der Waals surface area contributed by atoms with E-state index in [9.17, 15) is 13.6 Å². The Bertz CT molecular complexity index is 1090. The number of thioether (sulfide) groups is 1. The molecule has 2 heterocycles. The first-order valence-electron chi connectivity index (χ1n) is 8.44. The Morgan fingerprint density at radius 1 is 1.14 bits per heavy atom. The zero-order valence-corrected chi connectivity index (χ0v) is 16.1. The number of hydrogen-bond acceptors (Lipinski definition) is 4. The lowest BCUT2D eigenvalue weighted by Crippen LogP contribution is -2.15. The number of carbonyl (C=O) groups is 1. The molecule has 4 rings (SSSR count). The molecular formula is C20H15F2N3OS2. The van der Waals surface area contributed by atoms with Gasteiger partial charge >= 0.3 is 0 Å². The number of aromatic nitrogens is 2. The molecule has 4 aromatic rings. The molecular weight excluding hydrogens is 400 g/mol. The number of imidazole rings is 1. The van der Waals surface area contributed by atoms with E-state index in [2.05, 4.69) is 10.3 Å². The Morgan fingerprint density at radius 3 is 2.61 bits per heavy atom. The van der Waals surface area contributed by atoms with Crippen molar-refractivity contribution in [2.75, 3.05) is 5.32 Å². The van der Waals surface area contributed by atoms with Crippen LogP contribution in [0.25, 0.3) is 16.2 Å². The van der Waals surface area contributed by atoms with Crippen LogP contribution >= 0.6 is 23.1 Å². The maximum absolute atomic E-state index is 12.4. The number of nitrogens with one attached hydrogen (secondary N) is 1. The number of amides is 1. The van der Waals surface area contributed by atoms with Gasteiger partial charge in [0.1, 0.15) is 0 Å². The van der Waals surface area contributed by atoms with Crippen LogP contribution in [0.5, 0.6) is 0 Å². The quantitative estimate of drug-likeness (QED) is 0.420. The number of thiazole rings is 1. The highest BCUT2D eigenvalue weighted by atomic mass is 32.2. The smallest absolute Gasteiger partial charge is 0.288 e. The molecule has 0 radical (unpaired) electrons. The molecule has 0 aliphatic rings. The fraction of sp³-hybridized carbons (Fsp3) is 0.100. The second-order valence-corrected chi connectivity index (χ2v) is 7.90. The van der Waals surface area contributed by atoms with Crippen LogP contribution in [-0.2, 0) is 11.2 Å². The number of rotatable bonds is 6. The summed E-state index contributed by atoms with van der Waals surface area (Å²) < 4.78 is 26.7. The molecule has 28 heavy (non-hydrogen) atoms. The van der Waals surface area contributed by atoms with E-state index in [1.165, 1.54) is 11.3 Å². The summed E-state index contributed by atoms with van der Waals surface area (Å²) in [6.45, 7) is 0. The lowest BCUT2D eigenvalue weighted by atomic mass is 10.2. The Labute approximate surface area is 168 Å². The molecule has 1 N–H and O–H groups in total. The molecule has 2 aromatic heterocycles. The predicted octanol–water partition coefficient (Wildman–Crippen LogP) is 5.56. The van der Waals surface area contributed by atoms with Crippen molar-refractivity contribution in [1.29, 1.82) is 0 Å². The highest BCUT2D eigenvalue weighted by molar-refractivity contribution is 7.99. The standard InChI is InChI=1S/C20H15F2N3OS2/c21-19(22)28-16-8-6-14(7-9-16)23-18(26)10-15-12-27-20-24-17(11-25(15)20)13-4-2-1-3-5-13/h1-9,11-12,19H,10H2,(H,23,26). The molecule has 142 valence electrons. The first-order valence-corrected chi connectivity index (χ1v) is 10.2. The average molecular weight is 415 g/mol. The van der Waals surface area contributed by atoms with Gasteiger partial charge in [-0.2, -0.15) is 8.78 Å². The maximum atomic E-state index is 12.4. The minimum Gasteiger partial charge on any atom is -0.326 e. The highest BCUT2D eigenvalue weighted by Crippen LogP contribution is 2.27. The normalized spacial score (nSPS) is 11.2. The lowest BCUT2D eigenvalue weighted by molar-refractivity contribution is -0.115. The van der Waals surface area contributed by atoms with Crippen molar-refractivity contribution in [2.24, 2.45) is 0 Å². The SMILES string of the molecule is O=C(Cc1csc2nc(-c3ccccc3)cn12)Nc1ccc(SC(F)F)cc1. The summed E-state index contributed by atoms with van der Waals surface area (Å²) in [5.41, 5.74) is 3.31.